The van der Waals surface area contributed by atoms with E-state index in [2.05, 4.69) is 48.3 Å². The summed E-state index contributed by atoms with van der Waals surface area (Å²) < 4.78 is 5.63. The maximum Gasteiger partial charge on any atom is 0.407 e. The normalized spacial score (nSPS) is 23.6. The first kappa shape index (κ1) is 28.0. The van der Waals surface area contributed by atoms with E-state index in [9.17, 15) is 19.5 Å². The Balaban J connectivity index is 1.10. The Kier molecular flexibility index (Phi) is 7.27. The highest BCUT2D eigenvalue weighted by atomic mass is 16.5. The lowest BCUT2D eigenvalue weighted by atomic mass is 9.71. The summed E-state index contributed by atoms with van der Waals surface area (Å²) in [4.78, 5) is 42.5. The first-order valence-electron chi connectivity index (χ1n) is 14.5. The largest absolute Gasteiger partial charge is 0.481 e. The smallest absolute Gasteiger partial charge is 0.407 e. The molecule has 0 spiro atoms. The summed E-state index contributed by atoms with van der Waals surface area (Å²) in [6.45, 7) is 8.05. The Morgan fingerprint density at radius 2 is 1.40 bits per heavy atom. The molecule has 8 heteroatoms. The summed E-state index contributed by atoms with van der Waals surface area (Å²) in [5.74, 6) is -1.66. The quantitative estimate of drug-likeness (QED) is 0.408. The van der Waals surface area contributed by atoms with Gasteiger partial charge in [0.15, 0.2) is 0 Å². The third kappa shape index (κ3) is 5.15. The van der Waals surface area contributed by atoms with Gasteiger partial charge in [-0.15, -0.1) is 0 Å². The molecule has 3 unspecified atom stereocenters. The third-order valence-corrected chi connectivity index (χ3v) is 9.56. The lowest BCUT2D eigenvalue weighted by Crippen LogP contribution is -2.50. The van der Waals surface area contributed by atoms with Crippen LogP contribution in [0.15, 0.2) is 78.9 Å². The molecule has 6 rings (SSSR count). The zero-order valence-electron chi connectivity index (χ0n) is 24.1. The van der Waals surface area contributed by atoms with E-state index in [0.717, 1.165) is 41.9 Å². The summed E-state index contributed by atoms with van der Waals surface area (Å²) in [6, 6.07) is 25.2. The number of amides is 2. The molecule has 3 aromatic carbocycles. The van der Waals surface area contributed by atoms with E-state index in [1.165, 1.54) is 5.56 Å². The van der Waals surface area contributed by atoms with Crippen molar-refractivity contribution < 1.29 is 24.2 Å². The Bertz CT molecular complexity index is 1440. The number of carbonyl (C=O) groups excluding carboxylic acids is 2. The lowest BCUT2D eigenvalue weighted by Gasteiger charge is -2.30. The molecule has 2 amide bonds. The molecule has 0 bridgehead atoms. The average molecular weight is 568 g/mol. The van der Waals surface area contributed by atoms with Gasteiger partial charge in [0.25, 0.3) is 0 Å². The second-order valence-electron chi connectivity index (χ2n) is 12.6. The SMILES string of the molecule is CC12CN(Cc3ccccc3)CC1(C)CN(C(=O)C(CC(=O)O)NC(=O)OCC1c3ccccc3-c3ccccc31)C2. The minimum absolute atomic E-state index is 0.0882. The van der Waals surface area contributed by atoms with Crippen LogP contribution >= 0.6 is 0 Å². The molecule has 2 fully saturated rings. The molecule has 3 aromatic rings. The maximum absolute atomic E-state index is 13.7. The summed E-state index contributed by atoms with van der Waals surface area (Å²) in [7, 11) is 0. The molecule has 2 N–H and O–H groups in total. The molecule has 218 valence electrons. The number of likely N-dealkylation sites (tertiary alicyclic amines) is 2. The molecule has 0 radical (unpaired) electrons. The van der Waals surface area contributed by atoms with Crippen molar-refractivity contribution in [2.45, 2.75) is 38.8 Å². The fourth-order valence-corrected chi connectivity index (χ4v) is 7.29. The predicted molar refractivity (Wildman–Crippen MR) is 159 cm³/mol. The van der Waals surface area contributed by atoms with E-state index in [-0.39, 0.29) is 29.3 Å². The molecule has 2 saturated heterocycles. The van der Waals surface area contributed by atoms with Crippen molar-refractivity contribution in [3.63, 3.8) is 0 Å². The van der Waals surface area contributed by atoms with Crippen molar-refractivity contribution in [3.8, 4) is 11.1 Å². The summed E-state index contributed by atoms with van der Waals surface area (Å²) in [5.41, 5.74) is 5.36. The second kappa shape index (κ2) is 10.9. The van der Waals surface area contributed by atoms with Crippen LogP contribution in [0.2, 0.25) is 0 Å². The van der Waals surface area contributed by atoms with Crippen molar-refractivity contribution in [2.24, 2.45) is 10.8 Å². The Hall–Kier alpha value is -4.17. The van der Waals surface area contributed by atoms with Gasteiger partial charge in [-0.05, 0) is 27.8 Å². The number of carbonyl (C=O) groups is 3. The van der Waals surface area contributed by atoms with Gasteiger partial charge in [-0.1, -0.05) is 92.7 Å². The zero-order valence-corrected chi connectivity index (χ0v) is 24.1. The van der Waals surface area contributed by atoms with Crippen LogP contribution in [-0.2, 0) is 20.9 Å². The number of nitrogens with one attached hydrogen (secondary N) is 1. The van der Waals surface area contributed by atoms with E-state index in [0.29, 0.717) is 13.1 Å². The van der Waals surface area contributed by atoms with Crippen LogP contribution < -0.4 is 5.32 Å². The van der Waals surface area contributed by atoms with Gasteiger partial charge in [-0.25, -0.2) is 4.79 Å². The van der Waals surface area contributed by atoms with Gasteiger partial charge in [-0.3, -0.25) is 14.5 Å². The molecule has 3 atom stereocenters. The minimum atomic E-state index is -1.20. The van der Waals surface area contributed by atoms with Gasteiger partial charge in [0, 0.05) is 49.5 Å². The molecule has 42 heavy (non-hydrogen) atoms. The highest BCUT2D eigenvalue weighted by Gasteiger charge is 2.58. The number of benzene rings is 3. The van der Waals surface area contributed by atoms with Crippen molar-refractivity contribution >= 4 is 18.0 Å². The Morgan fingerprint density at radius 3 is 1.98 bits per heavy atom. The van der Waals surface area contributed by atoms with Crippen molar-refractivity contribution in [2.75, 3.05) is 32.8 Å². The number of rotatable bonds is 8. The van der Waals surface area contributed by atoms with Gasteiger partial charge in [0.1, 0.15) is 12.6 Å². The van der Waals surface area contributed by atoms with E-state index < -0.39 is 24.5 Å². The molecule has 0 saturated carbocycles. The number of fused-ring (bicyclic) bond motifs is 4. The number of aliphatic carboxylic acids is 1. The van der Waals surface area contributed by atoms with E-state index in [1.54, 1.807) is 4.90 Å². The number of nitrogens with zero attached hydrogens (tertiary/aromatic N) is 2. The van der Waals surface area contributed by atoms with Gasteiger partial charge in [-0.2, -0.15) is 0 Å². The molecule has 3 aliphatic rings. The number of alkyl carbamates (subject to hydrolysis) is 1. The van der Waals surface area contributed by atoms with Gasteiger partial charge in [0.05, 0.1) is 6.42 Å². The molecule has 2 aliphatic heterocycles. The van der Waals surface area contributed by atoms with E-state index >= 15 is 0 Å². The van der Waals surface area contributed by atoms with E-state index in [4.69, 9.17) is 4.74 Å². The lowest BCUT2D eigenvalue weighted by molar-refractivity contribution is -0.142. The Labute approximate surface area is 246 Å². The highest BCUT2D eigenvalue weighted by Crippen LogP contribution is 2.52. The maximum atomic E-state index is 13.7. The summed E-state index contributed by atoms with van der Waals surface area (Å²) >= 11 is 0. The first-order valence-corrected chi connectivity index (χ1v) is 14.5. The van der Waals surface area contributed by atoms with Crippen LogP contribution in [0.1, 0.15) is 42.9 Å². The van der Waals surface area contributed by atoms with Crippen LogP contribution in [-0.4, -0.2) is 71.7 Å². The number of carboxylic acid groups (broad SMARTS) is 1. The van der Waals surface area contributed by atoms with Crippen LogP contribution in [0.25, 0.3) is 11.1 Å². The standard InChI is InChI=1S/C34H37N3O5/c1-33-19-36(17-23-10-4-3-5-11-23)20-34(33,2)22-37(21-33)31(40)29(16-30(38)39)35-32(41)42-18-28-26-14-8-6-12-24(26)25-13-7-9-15-27(25)28/h3-15,28-29H,16-22H2,1-2H3,(H,35,41)(H,38,39). The van der Waals surface area contributed by atoms with Crippen molar-refractivity contribution in [1.82, 2.24) is 15.1 Å². The van der Waals surface area contributed by atoms with Crippen LogP contribution in [0, 0.1) is 10.8 Å². The monoisotopic (exact) mass is 567 g/mol. The number of hydrogen-bond acceptors (Lipinski definition) is 5. The van der Waals surface area contributed by atoms with Crippen LogP contribution in [0.4, 0.5) is 4.79 Å². The summed E-state index contributed by atoms with van der Waals surface area (Å²) in [5, 5.41) is 12.2. The average Bonchev–Trinajstić information content (AvgIpc) is 3.51. The molecular formula is C34H37N3O5. The number of hydrogen-bond donors (Lipinski definition) is 2. The molecule has 0 aromatic heterocycles. The van der Waals surface area contributed by atoms with Gasteiger partial charge >= 0.3 is 12.1 Å². The second-order valence-corrected chi connectivity index (χ2v) is 12.6. The van der Waals surface area contributed by atoms with Crippen molar-refractivity contribution in [3.05, 3.63) is 95.6 Å². The minimum Gasteiger partial charge on any atom is -0.481 e. The molecular weight excluding hydrogens is 530 g/mol. The first-order chi connectivity index (χ1) is 20.2. The van der Waals surface area contributed by atoms with Crippen LogP contribution in [0.5, 0.6) is 0 Å². The van der Waals surface area contributed by atoms with Crippen molar-refractivity contribution in [1.29, 1.82) is 0 Å². The van der Waals surface area contributed by atoms with Gasteiger partial charge < -0.3 is 20.1 Å². The number of ether oxygens (including phenoxy) is 1. The predicted octanol–water partition coefficient (Wildman–Crippen LogP) is 4.74. The fraction of sp³-hybridized carbons (Fsp3) is 0.382. The topological polar surface area (TPSA) is 99.2 Å². The molecule has 2 heterocycles. The highest BCUT2D eigenvalue weighted by molar-refractivity contribution is 5.89. The molecule has 1 aliphatic carbocycles. The van der Waals surface area contributed by atoms with E-state index in [1.807, 2.05) is 54.6 Å². The molecule has 8 nitrogen and oxygen atoms in total. The fourth-order valence-electron chi connectivity index (χ4n) is 7.29. The number of carboxylic acids is 1. The summed E-state index contributed by atoms with van der Waals surface area (Å²) in [6.07, 6.45) is -1.30. The third-order valence-electron chi connectivity index (χ3n) is 9.56. The van der Waals surface area contributed by atoms with Gasteiger partial charge in [0.2, 0.25) is 5.91 Å². The zero-order chi connectivity index (χ0) is 29.5. The van der Waals surface area contributed by atoms with Crippen LogP contribution in [0.3, 0.4) is 0 Å². The Morgan fingerprint density at radius 1 is 0.857 bits per heavy atom.